The summed E-state index contributed by atoms with van der Waals surface area (Å²) in [6.45, 7) is 0. The lowest BCUT2D eigenvalue weighted by Gasteiger charge is -2.53. The number of rotatable bonds is 2. The highest BCUT2D eigenvalue weighted by atomic mass is 16.5. The van der Waals surface area contributed by atoms with E-state index in [1.807, 2.05) is 6.07 Å². The van der Waals surface area contributed by atoms with Crippen molar-refractivity contribution >= 4 is 27.5 Å². The van der Waals surface area contributed by atoms with Crippen molar-refractivity contribution in [3.8, 4) is 0 Å². The Labute approximate surface area is 163 Å². The molecule has 0 unspecified atom stereocenters. The van der Waals surface area contributed by atoms with Gasteiger partial charge in [0.05, 0.1) is 13.0 Å². The van der Waals surface area contributed by atoms with Gasteiger partial charge in [-0.25, -0.2) is 0 Å². The normalized spacial score (nSPS) is 24.8. The third-order valence-electron chi connectivity index (χ3n) is 6.87. The van der Waals surface area contributed by atoms with Gasteiger partial charge in [-0.3, -0.25) is 4.79 Å². The Kier molecular flexibility index (Phi) is 3.22. The van der Waals surface area contributed by atoms with Crippen LogP contribution in [0.3, 0.4) is 0 Å². The molecular formula is C26H20O2. The lowest BCUT2D eigenvalue weighted by molar-refractivity contribution is -0.151. The van der Waals surface area contributed by atoms with E-state index in [0.29, 0.717) is 5.92 Å². The molecule has 0 bridgehead atoms. The number of methoxy groups -OCH3 is 1. The quantitative estimate of drug-likeness (QED) is 0.334. The highest BCUT2D eigenvalue weighted by Crippen LogP contribution is 2.66. The van der Waals surface area contributed by atoms with Gasteiger partial charge in [-0.2, -0.15) is 0 Å². The van der Waals surface area contributed by atoms with Gasteiger partial charge in [0.15, 0.2) is 0 Å². The SMILES string of the molecule is COC(=O)[C@@H]1[C@@H](c2ccccc2)[C@@H]2c3cccc4ccc5cccc(c5c34)[C@H]12. The minimum Gasteiger partial charge on any atom is -0.469 e. The Morgan fingerprint density at radius 1 is 0.679 bits per heavy atom. The summed E-state index contributed by atoms with van der Waals surface area (Å²) in [6, 6.07) is 28.0. The fourth-order valence-corrected chi connectivity index (χ4v) is 5.81. The minimum atomic E-state index is -0.147. The molecule has 0 N–H and O–H groups in total. The maximum atomic E-state index is 12.9. The maximum absolute atomic E-state index is 12.9. The molecule has 0 aromatic heterocycles. The molecule has 2 aliphatic carbocycles. The number of hydrogen-bond acceptors (Lipinski definition) is 2. The van der Waals surface area contributed by atoms with Crippen molar-refractivity contribution in [2.24, 2.45) is 5.92 Å². The first-order valence-corrected chi connectivity index (χ1v) is 9.86. The summed E-state index contributed by atoms with van der Waals surface area (Å²) in [4.78, 5) is 12.9. The van der Waals surface area contributed by atoms with E-state index in [4.69, 9.17) is 4.74 Å². The van der Waals surface area contributed by atoms with Gasteiger partial charge in [0.2, 0.25) is 0 Å². The smallest absolute Gasteiger partial charge is 0.309 e. The Bertz CT molecular complexity index is 1240. The topological polar surface area (TPSA) is 26.3 Å². The summed E-state index contributed by atoms with van der Waals surface area (Å²) in [6.07, 6.45) is 0. The molecule has 28 heavy (non-hydrogen) atoms. The number of ether oxygens (including phenoxy) is 1. The Morgan fingerprint density at radius 3 is 1.89 bits per heavy atom. The number of carbonyl (C=O) groups is 1. The fourth-order valence-electron chi connectivity index (χ4n) is 5.81. The van der Waals surface area contributed by atoms with Gasteiger partial charge in [-0.05, 0) is 44.2 Å². The molecule has 4 atom stereocenters. The molecule has 4 aromatic carbocycles. The molecule has 136 valence electrons. The molecule has 0 amide bonds. The summed E-state index contributed by atoms with van der Waals surface area (Å²) >= 11 is 0. The van der Waals surface area contributed by atoms with Crippen LogP contribution < -0.4 is 0 Å². The summed E-state index contributed by atoms with van der Waals surface area (Å²) in [5, 5.41) is 5.21. The maximum Gasteiger partial charge on any atom is 0.309 e. The molecule has 4 aromatic rings. The number of fused-ring (bicyclic) bond motifs is 3. The summed E-state index contributed by atoms with van der Waals surface area (Å²) in [5.41, 5.74) is 3.90. The zero-order valence-electron chi connectivity index (χ0n) is 15.6. The third-order valence-corrected chi connectivity index (χ3v) is 6.87. The van der Waals surface area contributed by atoms with Crippen LogP contribution in [0.4, 0.5) is 0 Å². The van der Waals surface area contributed by atoms with Crippen molar-refractivity contribution < 1.29 is 9.53 Å². The molecule has 2 heteroatoms. The Hall–Kier alpha value is -3.13. The van der Waals surface area contributed by atoms with E-state index in [0.717, 1.165) is 0 Å². The van der Waals surface area contributed by atoms with Crippen LogP contribution in [0, 0.1) is 5.92 Å². The van der Waals surface area contributed by atoms with Gasteiger partial charge < -0.3 is 4.74 Å². The number of carbonyl (C=O) groups excluding carboxylic acids is 1. The van der Waals surface area contributed by atoms with E-state index in [2.05, 4.69) is 72.8 Å². The molecule has 0 heterocycles. The largest absolute Gasteiger partial charge is 0.469 e. The molecule has 1 fully saturated rings. The predicted octanol–water partition coefficient (Wildman–Crippen LogP) is 5.76. The van der Waals surface area contributed by atoms with Crippen molar-refractivity contribution in [2.45, 2.75) is 17.8 Å². The second-order valence-electron chi connectivity index (χ2n) is 7.99. The van der Waals surface area contributed by atoms with Crippen LogP contribution in [0.1, 0.15) is 34.4 Å². The van der Waals surface area contributed by atoms with E-state index in [1.165, 1.54) is 45.3 Å². The van der Waals surface area contributed by atoms with Crippen molar-refractivity contribution in [1.82, 2.24) is 0 Å². The van der Waals surface area contributed by atoms with E-state index in [9.17, 15) is 4.79 Å². The minimum absolute atomic E-state index is 0.0985. The van der Waals surface area contributed by atoms with Crippen molar-refractivity contribution in [1.29, 1.82) is 0 Å². The predicted molar refractivity (Wildman–Crippen MR) is 112 cm³/mol. The van der Waals surface area contributed by atoms with E-state index in [-0.39, 0.29) is 23.7 Å². The third kappa shape index (κ3) is 1.90. The lowest BCUT2D eigenvalue weighted by Crippen LogP contribution is -2.47. The first kappa shape index (κ1) is 15.9. The van der Waals surface area contributed by atoms with Gasteiger partial charge in [-0.15, -0.1) is 0 Å². The average Bonchev–Trinajstić information content (AvgIpc) is 2.73. The van der Waals surface area contributed by atoms with Crippen LogP contribution in [-0.4, -0.2) is 13.1 Å². The van der Waals surface area contributed by atoms with Crippen molar-refractivity contribution in [2.75, 3.05) is 7.11 Å². The molecule has 6 rings (SSSR count). The van der Waals surface area contributed by atoms with Gasteiger partial charge in [-0.1, -0.05) is 78.9 Å². The molecular weight excluding hydrogens is 344 g/mol. The average molecular weight is 364 g/mol. The van der Waals surface area contributed by atoms with Gasteiger partial charge in [0.25, 0.3) is 0 Å². The fraction of sp³-hybridized carbons (Fsp3) is 0.192. The van der Waals surface area contributed by atoms with Crippen LogP contribution in [-0.2, 0) is 9.53 Å². The molecule has 2 nitrogen and oxygen atoms in total. The highest BCUT2D eigenvalue weighted by Gasteiger charge is 2.58. The Morgan fingerprint density at radius 2 is 1.29 bits per heavy atom. The molecule has 0 saturated heterocycles. The van der Waals surface area contributed by atoms with Crippen LogP contribution >= 0.6 is 0 Å². The van der Waals surface area contributed by atoms with E-state index in [1.54, 1.807) is 0 Å². The first-order valence-electron chi connectivity index (χ1n) is 9.86. The number of hydrogen-bond donors (Lipinski definition) is 0. The van der Waals surface area contributed by atoms with Crippen molar-refractivity contribution in [3.05, 3.63) is 95.6 Å². The summed E-state index contributed by atoms with van der Waals surface area (Å²) < 4.78 is 5.27. The second-order valence-corrected chi connectivity index (χ2v) is 7.99. The van der Waals surface area contributed by atoms with Gasteiger partial charge in [0.1, 0.15) is 0 Å². The number of esters is 1. The molecule has 0 spiro atoms. The van der Waals surface area contributed by atoms with Crippen LogP contribution in [0.2, 0.25) is 0 Å². The zero-order valence-corrected chi connectivity index (χ0v) is 15.6. The summed E-state index contributed by atoms with van der Waals surface area (Å²) in [7, 11) is 1.51. The van der Waals surface area contributed by atoms with Crippen LogP contribution in [0.25, 0.3) is 21.5 Å². The first-order chi connectivity index (χ1) is 13.8. The van der Waals surface area contributed by atoms with E-state index < -0.39 is 0 Å². The number of benzene rings is 4. The van der Waals surface area contributed by atoms with E-state index >= 15 is 0 Å². The van der Waals surface area contributed by atoms with Crippen LogP contribution in [0.5, 0.6) is 0 Å². The monoisotopic (exact) mass is 364 g/mol. The van der Waals surface area contributed by atoms with Crippen LogP contribution in [0.15, 0.2) is 78.9 Å². The molecule has 2 aliphatic rings. The lowest BCUT2D eigenvalue weighted by atomic mass is 9.48. The van der Waals surface area contributed by atoms with Crippen molar-refractivity contribution in [3.63, 3.8) is 0 Å². The summed E-state index contributed by atoms with van der Waals surface area (Å²) in [5.74, 6) is 0.371. The molecule has 0 aliphatic heterocycles. The highest BCUT2D eigenvalue weighted by molar-refractivity contribution is 6.13. The second kappa shape index (κ2) is 5.68. The standard InChI is InChI=1S/C26H20O2/c1-28-26(27)25-22(15-7-3-2-4-8-15)23-18-11-5-9-16-13-14-17-10-6-12-19(24(23)25)21(17)20(16)18/h2-14,22-25H,1H3/t22-,23-,24-,25+/m0/s1. The zero-order chi connectivity index (χ0) is 18.8. The van der Waals surface area contributed by atoms with Gasteiger partial charge in [0, 0.05) is 11.8 Å². The molecule has 1 saturated carbocycles. The van der Waals surface area contributed by atoms with Gasteiger partial charge >= 0.3 is 5.97 Å². The Balaban J connectivity index is 1.68. The molecule has 0 radical (unpaired) electrons.